The van der Waals surface area contributed by atoms with Gasteiger partial charge in [-0.25, -0.2) is 8.42 Å². The lowest BCUT2D eigenvalue weighted by molar-refractivity contribution is -0.117. The van der Waals surface area contributed by atoms with Crippen molar-refractivity contribution in [2.45, 2.75) is 24.2 Å². The zero-order valence-corrected chi connectivity index (χ0v) is 19.7. The number of morpholine rings is 2. The van der Waals surface area contributed by atoms with Crippen molar-refractivity contribution in [1.29, 1.82) is 0 Å². The van der Waals surface area contributed by atoms with E-state index in [1.807, 2.05) is 42.2 Å². The number of ether oxygens (including phenoxy) is 2. The van der Waals surface area contributed by atoms with E-state index in [2.05, 4.69) is 5.32 Å². The summed E-state index contributed by atoms with van der Waals surface area (Å²) < 4.78 is 39.4. The highest BCUT2D eigenvalue weighted by Gasteiger charge is 2.31. The van der Waals surface area contributed by atoms with Gasteiger partial charge in [0.05, 0.1) is 38.0 Å². The molecule has 1 atom stereocenters. The van der Waals surface area contributed by atoms with E-state index in [4.69, 9.17) is 9.47 Å². The van der Waals surface area contributed by atoms with Crippen LogP contribution in [-0.4, -0.2) is 71.2 Å². The molecule has 0 aliphatic carbocycles. The number of rotatable bonds is 7. The number of carbonyl (C=O) groups excluding carboxylic acids is 1. The molecule has 0 saturated carbocycles. The molecule has 4 rings (SSSR count). The SMILES string of the molecule is CC[C@@H](C(=O)Nc1ccc(N2CCOCC2)c(S(=O)(=O)N2CCOCC2)c1)c1ccccc1. The molecule has 2 aliphatic rings. The van der Waals surface area contributed by atoms with E-state index in [1.165, 1.54) is 4.31 Å². The summed E-state index contributed by atoms with van der Waals surface area (Å²) in [6, 6.07) is 14.8. The van der Waals surface area contributed by atoms with Gasteiger partial charge in [0, 0.05) is 31.9 Å². The topological polar surface area (TPSA) is 88.2 Å². The van der Waals surface area contributed by atoms with Crippen molar-refractivity contribution >= 4 is 27.3 Å². The molecule has 2 heterocycles. The van der Waals surface area contributed by atoms with Crippen LogP contribution in [0.1, 0.15) is 24.8 Å². The van der Waals surface area contributed by atoms with Crippen LogP contribution in [0.2, 0.25) is 0 Å². The molecule has 0 aromatic heterocycles. The Bertz CT molecular complexity index is 1050. The summed E-state index contributed by atoms with van der Waals surface area (Å²) in [5, 5.41) is 2.95. The first-order valence-corrected chi connectivity index (χ1v) is 12.8. The second-order valence-corrected chi connectivity index (χ2v) is 10.1. The number of benzene rings is 2. The molecule has 1 amide bonds. The standard InChI is InChI=1S/C24H31N3O5S/c1-2-21(19-6-4-3-5-7-19)24(28)25-20-8-9-22(26-10-14-31-15-11-26)23(18-20)33(29,30)27-12-16-32-17-13-27/h3-9,18,21H,2,10-17H2,1H3,(H,25,28)/t21-/m1/s1. The van der Waals surface area contributed by atoms with Gasteiger partial charge in [0.2, 0.25) is 15.9 Å². The maximum Gasteiger partial charge on any atom is 0.245 e. The van der Waals surface area contributed by atoms with Crippen molar-refractivity contribution in [1.82, 2.24) is 4.31 Å². The summed E-state index contributed by atoms with van der Waals surface area (Å²) in [6.07, 6.45) is 0.640. The molecule has 1 N–H and O–H groups in total. The minimum atomic E-state index is -3.76. The maximum atomic E-state index is 13.6. The molecule has 0 bridgehead atoms. The third-order valence-electron chi connectivity index (χ3n) is 6.09. The van der Waals surface area contributed by atoms with E-state index >= 15 is 0 Å². The van der Waals surface area contributed by atoms with Crippen LogP contribution in [0.4, 0.5) is 11.4 Å². The third kappa shape index (κ3) is 5.38. The predicted molar refractivity (Wildman–Crippen MR) is 127 cm³/mol. The van der Waals surface area contributed by atoms with Gasteiger partial charge in [0.25, 0.3) is 0 Å². The molecule has 178 valence electrons. The molecule has 2 aromatic carbocycles. The van der Waals surface area contributed by atoms with Crippen molar-refractivity contribution in [3.8, 4) is 0 Å². The quantitative estimate of drug-likeness (QED) is 0.665. The minimum absolute atomic E-state index is 0.155. The van der Waals surface area contributed by atoms with Crippen LogP contribution in [-0.2, 0) is 24.3 Å². The second-order valence-electron chi connectivity index (χ2n) is 8.16. The largest absolute Gasteiger partial charge is 0.379 e. The van der Waals surface area contributed by atoms with E-state index in [9.17, 15) is 13.2 Å². The number of hydrogen-bond donors (Lipinski definition) is 1. The molecule has 8 nitrogen and oxygen atoms in total. The van der Waals surface area contributed by atoms with Crippen molar-refractivity contribution < 1.29 is 22.7 Å². The van der Waals surface area contributed by atoms with Crippen LogP contribution in [0, 0.1) is 0 Å². The molecular weight excluding hydrogens is 442 g/mol. The number of nitrogens with zero attached hydrogens (tertiary/aromatic N) is 2. The van der Waals surface area contributed by atoms with Gasteiger partial charge in [-0.3, -0.25) is 4.79 Å². The Kier molecular flexibility index (Phi) is 7.64. The Balaban J connectivity index is 1.65. The van der Waals surface area contributed by atoms with Crippen LogP contribution >= 0.6 is 0 Å². The lowest BCUT2D eigenvalue weighted by Gasteiger charge is -2.33. The maximum absolute atomic E-state index is 13.6. The number of sulfonamides is 1. The molecule has 9 heteroatoms. The Labute approximate surface area is 195 Å². The third-order valence-corrected chi connectivity index (χ3v) is 8.02. The van der Waals surface area contributed by atoms with Crippen LogP contribution < -0.4 is 10.2 Å². The first-order valence-electron chi connectivity index (χ1n) is 11.4. The normalized spacial score (nSPS) is 18.6. The molecule has 2 aliphatic heterocycles. The summed E-state index contributed by atoms with van der Waals surface area (Å²) in [5.41, 5.74) is 2.04. The monoisotopic (exact) mass is 473 g/mol. The van der Waals surface area contributed by atoms with E-state index in [1.54, 1.807) is 18.2 Å². The average molecular weight is 474 g/mol. The van der Waals surface area contributed by atoms with E-state index in [-0.39, 0.29) is 16.7 Å². The first-order chi connectivity index (χ1) is 16.0. The summed E-state index contributed by atoms with van der Waals surface area (Å²) >= 11 is 0. The van der Waals surface area contributed by atoms with Gasteiger partial charge >= 0.3 is 0 Å². The highest BCUT2D eigenvalue weighted by molar-refractivity contribution is 7.89. The minimum Gasteiger partial charge on any atom is -0.379 e. The molecule has 0 spiro atoms. The fourth-order valence-corrected chi connectivity index (χ4v) is 5.92. The van der Waals surface area contributed by atoms with E-state index in [0.29, 0.717) is 70.4 Å². The molecular formula is C24H31N3O5S. The number of anilines is 2. The first kappa shape index (κ1) is 23.7. The lowest BCUT2D eigenvalue weighted by atomic mass is 9.95. The van der Waals surface area contributed by atoms with Crippen LogP contribution in [0.3, 0.4) is 0 Å². The van der Waals surface area contributed by atoms with Crippen molar-refractivity contribution in [2.24, 2.45) is 0 Å². The molecule has 2 aromatic rings. The highest BCUT2D eigenvalue weighted by atomic mass is 32.2. The fourth-order valence-electron chi connectivity index (χ4n) is 4.28. The number of carbonyl (C=O) groups is 1. The molecule has 33 heavy (non-hydrogen) atoms. The Morgan fingerprint density at radius 2 is 1.61 bits per heavy atom. The van der Waals surface area contributed by atoms with E-state index in [0.717, 1.165) is 5.56 Å². The zero-order chi connectivity index (χ0) is 23.3. The summed E-state index contributed by atoms with van der Waals surface area (Å²) in [4.78, 5) is 15.3. The predicted octanol–water partition coefficient (Wildman–Crippen LogP) is 2.68. The van der Waals surface area contributed by atoms with Crippen LogP contribution in [0.5, 0.6) is 0 Å². The van der Waals surface area contributed by atoms with Gasteiger partial charge in [0.1, 0.15) is 4.90 Å². The van der Waals surface area contributed by atoms with E-state index < -0.39 is 10.0 Å². The Hall–Kier alpha value is -2.46. The van der Waals surface area contributed by atoms with Gasteiger partial charge < -0.3 is 19.7 Å². The van der Waals surface area contributed by atoms with Crippen molar-refractivity contribution in [2.75, 3.05) is 62.8 Å². The average Bonchev–Trinajstić information content (AvgIpc) is 2.86. The van der Waals surface area contributed by atoms with Crippen LogP contribution in [0.25, 0.3) is 0 Å². The number of amides is 1. The summed E-state index contributed by atoms with van der Waals surface area (Å²) in [6.45, 7) is 5.66. The van der Waals surface area contributed by atoms with Gasteiger partial charge in [0.15, 0.2) is 0 Å². The van der Waals surface area contributed by atoms with Gasteiger partial charge in [-0.15, -0.1) is 0 Å². The summed E-state index contributed by atoms with van der Waals surface area (Å²) in [5.74, 6) is -0.470. The van der Waals surface area contributed by atoms with Gasteiger partial charge in [-0.05, 0) is 30.2 Å². The molecule has 0 radical (unpaired) electrons. The van der Waals surface area contributed by atoms with Crippen molar-refractivity contribution in [3.63, 3.8) is 0 Å². The van der Waals surface area contributed by atoms with Gasteiger partial charge in [-0.2, -0.15) is 4.31 Å². The lowest BCUT2D eigenvalue weighted by Crippen LogP contribution is -2.42. The van der Waals surface area contributed by atoms with Crippen LogP contribution in [0.15, 0.2) is 53.4 Å². The molecule has 2 fully saturated rings. The van der Waals surface area contributed by atoms with Crippen molar-refractivity contribution in [3.05, 3.63) is 54.1 Å². The number of nitrogens with one attached hydrogen (secondary N) is 1. The zero-order valence-electron chi connectivity index (χ0n) is 18.9. The molecule has 2 saturated heterocycles. The Morgan fingerprint density at radius 3 is 2.24 bits per heavy atom. The Morgan fingerprint density at radius 1 is 0.970 bits per heavy atom. The number of hydrogen-bond acceptors (Lipinski definition) is 6. The smallest absolute Gasteiger partial charge is 0.245 e. The van der Waals surface area contributed by atoms with Gasteiger partial charge in [-0.1, -0.05) is 37.3 Å². The highest BCUT2D eigenvalue weighted by Crippen LogP contribution is 2.32. The fraction of sp³-hybridized carbons (Fsp3) is 0.458. The second kappa shape index (κ2) is 10.6. The molecule has 0 unspecified atom stereocenters. The summed E-state index contributed by atoms with van der Waals surface area (Å²) in [7, 11) is -3.76.